The summed E-state index contributed by atoms with van der Waals surface area (Å²) >= 11 is 0. The van der Waals surface area contributed by atoms with Gasteiger partial charge in [0.05, 0.1) is 0 Å². The van der Waals surface area contributed by atoms with Crippen molar-refractivity contribution in [3.05, 3.63) is 29.3 Å². The number of hydrogen-bond donors (Lipinski definition) is 3. The lowest BCUT2D eigenvalue weighted by Crippen LogP contribution is -2.56. The molecule has 4 nitrogen and oxygen atoms in total. The van der Waals surface area contributed by atoms with E-state index in [1.807, 2.05) is 18.2 Å². The number of carbonyl (C=O) groups is 1. The molecule has 0 saturated heterocycles. The standard InChI is InChI=1S/C19H32N2O2/c1-5-6-7-13-19(20,21)16(22)12-11-14-9-8-10-15(17(14)23)18(2,3)4/h8-10,23H,5-7,11-13,20-21H2,1-4H3. The number of unbranched alkanes of at least 4 members (excludes halogenated alkanes) is 2. The van der Waals surface area contributed by atoms with Gasteiger partial charge >= 0.3 is 0 Å². The third-order valence-electron chi connectivity index (χ3n) is 4.26. The van der Waals surface area contributed by atoms with E-state index in [2.05, 4.69) is 27.7 Å². The summed E-state index contributed by atoms with van der Waals surface area (Å²) in [4.78, 5) is 12.3. The molecule has 1 aromatic rings. The van der Waals surface area contributed by atoms with Crippen molar-refractivity contribution in [2.45, 2.75) is 77.3 Å². The molecule has 0 atom stereocenters. The van der Waals surface area contributed by atoms with Gasteiger partial charge in [-0.1, -0.05) is 58.7 Å². The Bertz CT molecular complexity index is 531. The van der Waals surface area contributed by atoms with Crippen LogP contribution in [0, 0.1) is 0 Å². The van der Waals surface area contributed by atoms with E-state index in [4.69, 9.17) is 11.5 Å². The monoisotopic (exact) mass is 320 g/mol. The molecule has 0 aliphatic rings. The number of carbonyl (C=O) groups excluding carboxylic acids is 1. The van der Waals surface area contributed by atoms with Gasteiger partial charge in [-0.15, -0.1) is 0 Å². The molecule has 0 fully saturated rings. The maximum Gasteiger partial charge on any atom is 0.167 e. The van der Waals surface area contributed by atoms with Gasteiger partial charge in [0.25, 0.3) is 0 Å². The van der Waals surface area contributed by atoms with Crippen LogP contribution in [0.1, 0.15) is 70.9 Å². The lowest BCUT2D eigenvalue weighted by molar-refractivity contribution is -0.124. The molecule has 5 N–H and O–H groups in total. The van der Waals surface area contributed by atoms with Crippen LogP contribution in [-0.4, -0.2) is 16.6 Å². The molecule has 0 aliphatic carbocycles. The second kappa shape index (κ2) is 7.93. The van der Waals surface area contributed by atoms with E-state index < -0.39 is 5.66 Å². The summed E-state index contributed by atoms with van der Waals surface area (Å²) in [5, 5.41) is 10.4. The van der Waals surface area contributed by atoms with Crippen molar-refractivity contribution >= 4 is 5.78 Å². The Morgan fingerprint density at radius 1 is 1.17 bits per heavy atom. The van der Waals surface area contributed by atoms with Gasteiger partial charge < -0.3 is 16.6 Å². The molecule has 130 valence electrons. The number of phenols is 1. The van der Waals surface area contributed by atoms with Gasteiger partial charge in [0.2, 0.25) is 0 Å². The van der Waals surface area contributed by atoms with Crippen LogP contribution < -0.4 is 11.5 Å². The van der Waals surface area contributed by atoms with E-state index in [1.54, 1.807) is 0 Å². The number of hydrogen-bond acceptors (Lipinski definition) is 4. The number of phenolic OH excluding ortho intramolecular Hbond substituents is 1. The smallest absolute Gasteiger partial charge is 0.167 e. The van der Waals surface area contributed by atoms with E-state index in [1.165, 1.54) is 0 Å². The molecule has 0 bridgehead atoms. The van der Waals surface area contributed by atoms with Crippen molar-refractivity contribution in [3.63, 3.8) is 0 Å². The highest BCUT2D eigenvalue weighted by Crippen LogP contribution is 2.33. The zero-order valence-electron chi connectivity index (χ0n) is 15.0. The first-order valence-electron chi connectivity index (χ1n) is 8.52. The van der Waals surface area contributed by atoms with E-state index >= 15 is 0 Å². The first-order valence-corrected chi connectivity index (χ1v) is 8.52. The Morgan fingerprint density at radius 3 is 2.39 bits per heavy atom. The van der Waals surface area contributed by atoms with Gasteiger partial charge in [-0.25, -0.2) is 0 Å². The fraction of sp³-hybridized carbons (Fsp3) is 0.632. The molecule has 0 amide bonds. The molecule has 23 heavy (non-hydrogen) atoms. The summed E-state index contributed by atoms with van der Waals surface area (Å²) in [5.74, 6) is 0.132. The molecule has 0 spiro atoms. The van der Waals surface area contributed by atoms with Gasteiger partial charge in [0.15, 0.2) is 5.78 Å². The first kappa shape index (κ1) is 19.7. The number of Topliss-reactive ketones (excluding diaryl/α,β-unsaturated/α-hetero) is 1. The number of aryl methyl sites for hydroxylation is 1. The second-order valence-corrected chi connectivity index (χ2v) is 7.48. The fourth-order valence-corrected chi connectivity index (χ4v) is 2.69. The van der Waals surface area contributed by atoms with E-state index in [9.17, 15) is 9.90 Å². The molecule has 4 heteroatoms. The molecule has 0 heterocycles. The van der Waals surface area contributed by atoms with Gasteiger partial charge in [0.1, 0.15) is 11.4 Å². The predicted octanol–water partition coefficient (Wildman–Crippen LogP) is 3.39. The Kier molecular flexibility index (Phi) is 6.78. The van der Waals surface area contributed by atoms with Crippen molar-refractivity contribution in [1.29, 1.82) is 0 Å². The minimum absolute atomic E-state index is 0.143. The summed E-state index contributed by atoms with van der Waals surface area (Å²) in [5.41, 5.74) is 12.2. The van der Waals surface area contributed by atoms with Gasteiger partial charge in [-0.3, -0.25) is 4.79 Å². The predicted molar refractivity (Wildman–Crippen MR) is 95.4 cm³/mol. The quantitative estimate of drug-likeness (QED) is 0.506. The minimum atomic E-state index is -1.26. The van der Waals surface area contributed by atoms with Crippen molar-refractivity contribution in [1.82, 2.24) is 0 Å². The highest BCUT2D eigenvalue weighted by molar-refractivity contribution is 5.87. The van der Waals surface area contributed by atoms with Crippen LogP contribution in [0.3, 0.4) is 0 Å². The molecule has 0 saturated carbocycles. The largest absolute Gasteiger partial charge is 0.507 e. The number of rotatable bonds is 8. The molecule has 1 aromatic carbocycles. The molecule has 1 rings (SSSR count). The average Bonchev–Trinajstić information content (AvgIpc) is 2.44. The van der Waals surface area contributed by atoms with Crippen LogP contribution in [-0.2, 0) is 16.6 Å². The van der Waals surface area contributed by atoms with E-state index in [0.29, 0.717) is 12.8 Å². The Balaban J connectivity index is 2.73. The average molecular weight is 320 g/mol. The second-order valence-electron chi connectivity index (χ2n) is 7.48. The number of aromatic hydroxyl groups is 1. The Hall–Kier alpha value is -1.39. The van der Waals surface area contributed by atoms with Crippen molar-refractivity contribution < 1.29 is 9.90 Å². The minimum Gasteiger partial charge on any atom is -0.507 e. The first-order chi connectivity index (χ1) is 10.6. The maximum atomic E-state index is 12.3. The van der Waals surface area contributed by atoms with E-state index in [-0.39, 0.29) is 23.4 Å². The number of nitrogens with two attached hydrogens (primary N) is 2. The summed E-state index contributed by atoms with van der Waals surface area (Å²) in [6, 6.07) is 5.69. The molecular weight excluding hydrogens is 288 g/mol. The zero-order valence-corrected chi connectivity index (χ0v) is 15.0. The number of para-hydroxylation sites is 1. The third-order valence-corrected chi connectivity index (χ3v) is 4.26. The molecule has 0 radical (unpaired) electrons. The maximum absolute atomic E-state index is 12.3. The highest BCUT2D eigenvalue weighted by Gasteiger charge is 2.28. The summed E-state index contributed by atoms with van der Waals surface area (Å²) in [7, 11) is 0. The van der Waals surface area contributed by atoms with Crippen molar-refractivity contribution in [2.75, 3.05) is 0 Å². The van der Waals surface area contributed by atoms with Gasteiger partial charge in [-0.05, 0) is 35.8 Å². The third kappa shape index (κ3) is 5.63. The van der Waals surface area contributed by atoms with Crippen molar-refractivity contribution in [3.8, 4) is 5.75 Å². The highest BCUT2D eigenvalue weighted by atomic mass is 16.3. The normalized spacial score (nSPS) is 12.4. The molecule has 0 aromatic heterocycles. The fourth-order valence-electron chi connectivity index (χ4n) is 2.69. The van der Waals surface area contributed by atoms with Gasteiger partial charge in [0, 0.05) is 6.42 Å². The lowest BCUT2D eigenvalue weighted by atomic mass is 9.84. The van der Waals surface area contributed by atoms with Crippen LogP contribution in [0.15, 0.2) is 18.2 Å². The Labute approximate surface area is 140 Å². The zero-order chi connectivity index (χ0) is 17.7. The van der Waals surface area contributed by atoms with E-state index in [0.717, 1.165) is 30.4 Å². The summed E-state index contributed by atoms with van der Waals surface area (Å²) in [6.45, 7) is 8.25. The Morgan fingerprint density at radius 2 is 1.83 bits per heavy atom. The summed E-state index contributed by atoms with van der Waals surface area (Å²) in [6.07, 6.45) is 4.17. The number of ketones is 1. The topological polar surface area (TPSA) is 89.3 Å². The van der Waals surface area contributed by atoms with Crippen LogP contribution in [0.5, 0.6) is 5.75 Å². The van der Waals surface area contributed by atoms with Crippen LogP contribution in [0.25, 0.3) is 0 Å². The van der Waals surface area contributed by atoms with Gasteiger partial charge in [-0.2, -0.15) is 0 Å². The van der Waals surface area contributed by atoms with Crippen LogP contribution in [0.4, 0.5) is 0 Å². The molecule has 0 unspecified atom stereocenters. The molecular formula is C19H32N2O2. The van der Waals surface area contributed by atoms with Crippen molar-refractivity contribution in [2.24, 2.45) is 11.5 Å². The van der Waals surface area contributed by atoms with Crippen LogP contribution in [0.2, 0.25) is 0 Å². The lowest BCUT2D eigenvalue weighted by Gasteiger charge is -2.24. The number of benzene rings is 1. The molecule has 0 aliphatic heterocycles. The van der Waals surface area contributed by atoms with Crippen LogP contribution >= 0.6 is 0 Å². The summed E-state index contributed by atoms with van der Waals surface area (Å²) < 4.78 is 0. The SMILES string of the molecule is CCCCCC(N)(N)C(=O)CCc1cccc(C(C)(C)C)c1O.